The van der Waals surface area contributed by atoms with E-state index >= 15 is 0 Å². The molecule has 1 unspecified atom stereocenters. The third-order valence-corrected chi connectivity index (χ3v) is 5.08. The lowest BCUT2D eigenvalue weighted by atomic mass is 10.1. The van der Waals surface area contributed by atoms with Crippen LogP contribution in [0.4, 0.5) is 0 Å². The Balaban J connectivity index is 2.09. The quantitative estimate of drug-likeness (QED) is 0.762. The molecule has 1 aliphatic heterocycles. The molecule has 1 fully saturated rings. The van der Waals surface area contributed by atoms with Crippen molar-refractivity contribution in [3.63, 3.8) is 0 Å². The van der Waals surface area contributed by atoms with Crippen molar-refractivity contribution in [3.8, 4) is 0 Å². The Hall–Kier alpha value is -0.880. The van der Waals surface area contributed by atoms with E-state index in [0.717, 1.165) is 24.2 Å². The van der Waals surface area contributed by atoms with Crippen LogP contribution in [0.25, 0.3) is 0 Å². The summed E-state index contributed by atoms with van der Waals surface area (Å²) in [5.41, 5.74) is 7.08. The van der Waals surface area contributed by atoms with E-state index in [1.165, 1.54) is 0 Å². The number of H-pyrrole nitrogens is 1. The van der Waals surface area contributed by atoms with Gasteiger partial charge in [-0.15, -0.1) is 0 Å². The number of aromatic amines is 1. The molecule has 6 heteroatoms. The molecular formula is C9H15N3O2S. The second-order valence-electron chi connectivity index (χ2n) is 3.92. The van der Waals surface area contributed by atoms with Crippen LogP contribution in [0.1, 0.15) is 24.2 Å². The SMILES string of the molecule is NCc1cc(CC2CCCS2(=O)=O)n[nH]1. The standard InChI is InChI=1S/C9H15N3O2S/c10-6-8-4-7(11-12-8)5-9-2-1-3-15(9,13)14/h4,9H,1-3,5-6,10H2,(H,11,12). The summed E-state index contributed by atoms with van der Waals surface area (Å²) in [6, 6.07) is 1.84. The summed E-state index contributed by atoms with van der Waals surface area (Å²) < 4.78 is 23.2. The number of nitrogens with one attached hydrogen (secondary N) is 1. The van der Waals surface area contributed by atoms with Crippen LogP contribution in [-0.4, -0.2) is 29.6 Å². The molecule has 3 N–H and O–H groups in total. The van der Waals surface area contributed by atoms with Crippen molar-refractivity contribution in [2.75, 3.05) is 5.75 Å². The van der Waals surface area contributed by atoms with Crippen LogP contribution in [0.2, 0.25) is 0 Å². The number of sulfone groups is 1. The van der Waals surface area contributed by atoms with Gasteiger partial charge in [-0.2, -0.15) is 5.10 Å². The number of rotatable bonds is 3. The maximum Gasteiger partial charge on any atom is 0.153 e. The average molecular weight is 229 g/mol. The van der Waals surface area contributed by atoms with Gasteiger partial charge in [-0.05, 0) is 18.9 Å². The van der Waals surface area contributed by atoms with Crippen LogP contribution in [0.3, 0.4) is 0 Å². The molecule has 2 heterocycles. The first-order valence-corrected chi connectivity index (χ1v) is 6.78. The van der Waals surface area contributed by atoms with E-state index in [1.54, 1.807) is 0 Å². The van der Waals surface area contributed by atoms with Gasteiger partial charge in [-0.25, -0.2) is 8.42 Å². The van der Waals surface area contributed by atoms with Crippen LogP contribution in [0, 0.1) is 0 Å². The van der Waals surface area contributed by atoms with Gasteiger partial charge in [0.2, 0.25) is 0 Å². The number of nitrogens with zero attached hydrogens (tertiary/aromatic N) is 1. The number of aromatic nitrogens is 2. The summed E-state index contributed by atoms with van der Waals surface area (Å²) in [5, 5.41) is 6.59. The predicted octanol–water partition coefficient (Wildman–Crippen LogP) is -0.0119. The molecule has 15 heavy (non-hydrogen) atoms. The van der Waals surface area contributed by atoms with Crippen LogP contribution in [-0.2, 0) is 22.8 Å². The summed E-state index contributed by atoms with van der Waals surface area (Å²) in [4.78, 5) is 0. The van der Waals surface area contributed by atoms with Gasteiger partial charge >= 0.3 is 0 Å². The third-order valence-electron chi connectivity index (χ3n) is 2.80. The van der Waals surface area contributed by atoms with Crippen molar-refractivity contribution in [2.45, 2.75) is 31.1 Å². The van der Waals surface area contributed by atoms with Crippen LogP contribution in [0.15, 0.2) is 6.07 Å². The zero-order valence-corrected chi connectivity index (χ0v) is 9.26. The minimum absolute atomic E-state index is 0.244. The molecule has 0 saturated carbocycles. The number of hydrogen-bond donors (Lipinski definition) is 2. The lowest BCUT2D eigenvalue weighted by Gasteiger charge is -2.05. The molecule has 0 amide bonds. The normalized spacial score (nSPS) is 24.5. The van der Waals surface area contributed by atoms with Gasteiger partial charge in [-0.1, -0.05) is 0 Å². The highest BCUT2D eigenvalue weighted by atomic mass is 32.2. The van der Waals surface area contributed by atoms with Crippen molar-refractivity contribution in [3.05, 3.63) is 17.5 Å². The van der Waals surface area contributed by atoms with E-state index in [-0.39, 0.29) is 5.25 Å². The Labute approximate surface area is 89.0 Å². The molecule has 0 spiro atoms. The molecule has 0 radical (unpaired) electrons. The summed E-state index contributed by atoms with van der Waals surface area (Å²) >= 11 is 0. The molecule has 1 atom stereocenters. The first-order valence-electron chi connectivity index (χ1n) is 5.06. The topological polar surface area (TPSA) is 88.8 Å². The number of hydrogen-bond acceptors (Lipinski definition) is 4. The molecule has 1 aromatic rings. The van der Waals surface area contributed by atoms with E-state index < -0.39 is 9.84 Å². The van der Waals surface area contributed by atoms with Crippen molar-refractivity contribution in [2.24, 2.45) is 5.73 Å². The Morgan fingerprint density at radius 2 is 2.40 bits per heavy atom. The molecule has 1 aliphatic rings. The monoisotopic (exact) mass is 229 g/mol. The lowest BCUT2D eigenvalue weighted by Crippen LogP contribution is -2.18. The third kappa shape index (κ3) is 2.21. The van der Waals surface area contributed by atoms with Gasteiger partial charge in [0, 0.05) is 18.7 Å². The second kappa shape index (κ2) is 3.94. The minimum Gasteiger partial charge on any atom is -0.325 e. The van der Waals surface area contributed by atoms with Crippen molar-refractivity contribution in [1.29, 1.82) is 0 Å². The Kier molecular flexibility index (Phi) is 2.79. The van der Waals surface area contributed by atoms with Crippen LogP contribution >= 0.6 is 0 Å². The molecule has 84 valence electrons. The summed E-state index contributed by atoms with van der Waals surface area (Å²) in [7, 11) is -2.87. The van der Waals surface area contributed by atoms with E-state index in [1.807, 2.05) is 6.07 Å². The Morgan fingerprint density at radius 1 is 1.60 bits per heavy atom. The molecule has 2 rings (SSSR count). The fourth-order valence-electron chi connectivity index (χ4n) is 1.94. The lowest BCUT2D eigenvalue weighted by molar-refractivity contribution is 0.587. The molecule has 5 nitrogen and oxygen atoms in total. The van der Waals surface area contributed by atoms with Crippen molar-refractivity contribution in [1.82, 2.24) is 10.2 Å². The first-order chi connectivity index (χ1) is 7.12. The highest BCUT2D eigenvalue weighted by Crippen LogP contribution is 2.23. The van der Waals surface area contributed by atoms with Gasteiger partial charge in [0.15, 0.2) is 9.84 Å². The maximum atomic E-state index is 11.6. The number of nitrogens with two attached hydrogens (primary N) is 1. The average Bonchev–Trinajstić information content (AvgIpc) is 2.75. The molecule has 1 aromatic heterocycles. The summed E-state index contributed by atoms with van der Waals surface area (Å²) in [6.07, 6.45) is 2.05. The van der Waals surface area contributed by atoms with Gasteiger partial charge < -0.3 is 5.73 Å². The second-order valence-corrected chi connectivity index (χ2v) is 6.32. The zero-order chi connectivity index (χ0) is 10.9. The van der Waals surface area contributed by atoms with E-state index in [9.17, 15) is 8.42 Å². The van der Waals surface area contributed by atoms with Gasteiger partial charge in [-0.3, -0.25) is 5.10 Å². The Bertz CT molecular complexity index is 438. The predicted molar refractivity (Wildman–Crippen MR) is 57.0 cm³/mol. The van der Waals surface area contributed by atoms with Gasteiger partial charge in [0.1, 0.15) is 0 Å². The minimum atomic E-state index is -2.87. The van der Waals surface area contributed by atoms with Crippen molar-refractivity contribution < 1.29 is 8.42 Å². The molecular weight excluding hydrogens is 214 g/mol. The summed E-state index contributed by atoms with van der Waals surface area (Å²) in [5.74, 6) is 0.325. The van der Waals surface area contributed by atoms with Crippen molar-refractivity contribution >= 4 is 9.84 Å². The molecule has 0 aromatic carbocycles. The highest BCUT2D eigenvalue weighted by molar-refractivity contribution is 7.92. The summed E-state index contributed by atoms with van der Waals surface area (Å²) in [6.45, 7) is 0.407. The van der Waals surface area contributed by atoms with Crippen LogP contribution in [0.5, 0.6) is 0 Å². The largest absolute Gasteiger partial charge is 0.325 e. The maximum absolute atomic E-state index is 11.6. The van der Waals surface area contributed by atoms with E-state index in [2.05, 4.69) is 10.2 Å². The fraction of sp³-hybridized carbons (Fsp3) is 0.667. The molecule has 1 saturated heterocycles. The smallest absolute Gasteiger partial charge is 0.153 e. The zero-order valence-electron chi connectivity index (χ0n) is 8.44. The van der Waals surface area contributed by atoms with Gasteiger partial charge in [0.05, 0.1) is 16.7 Å². The van der Waals surface area contributed by atoms with E-state index in [4.69, 9.17) is 5.73 Å². The van der Waals surface area contributed by atoms with Crippen LogP contribution < -0.4 is 5.73 Å². The molecule has 0 aliphatic carbocycles. The van der Waals surface area contributed by atoms with E-state index in [0.29, 0.717) is 18.7 Å². The highest BCUT2D eigenvalue weighted by Gasteiger charge is 2.31. The first kappa shape index (κ1) is 10.6. The fourth-order valence-corrected chi connectivity index (χ4v) is 3.79. The molecule has 0 bridgehead atoms. The Morgan fingerprint density at radius 3 is 2.93 bits per heavy atom. The van der Waals surface area contributed by atoms with Gasteiger partial charge in [0.25, 0.3) is 0 Å².